The fourth-order valence-corrected chi connectivity index (χ4v) is 29.4. The number of halogens is 4. The summed E-state index contributed by atoms with van der Waals surface area (Å²) in [5.74, 6) is 0. The zero-order chi connectivity index (χ0) is 102. The van der Waals surface area contributed by atoms with E-state index in [1.54, 1.807) is 36.8 Å². The Bertz CT molecular complexity index is 8540. The predicted molar refractivity (Wildman–Crippen MR) is 615 cm³/mol. The Morgan fingerprint density at radius 1 is 0.381 bits per heavy atom. The summed E-state index contributed by atoms with van der Waals surface area (Å²) in [5, 5.41) is 105. The average Bonchev–Trinajstić information content (AvgIpc) is 1.55. The molecule has 10 heterocycles. The van der Waals surface area contributed by atoms with Crippen LogP contribution in [0.3, 0.4) is 0 Å². The van der Waals surface area contributed by atoms with Crippen LogP contribution in [0.15, 0.2) is 426 Å². The number of benzene rings is 15. The fourth-order valence-electron chi connectivity index (χ4n) is 18.6. The number of hydrogen-bond acceptors (Lipinski definition) is 21. The molecule has 2 aliphatic heterocycles. The van der Waals surface area contributed by atoms with Crippen LogP contribution in [0.5, 0.6) is 0 Å². The first-order valence-electron chi connectivity index (χ1n) is 45.7. The first kappa shape index (κ1) is 107. The summed E-state index contributed by atoms with van der Waals surface area (Å²) in [6.45, 7) is 0.176. The topological polar surface area (TPSA) is 331 Å². The molecule has 708 valence electrons. The standard InChI is InChI=1S/C34H21N2OP.C30H19N2P.C22H15Br2P.C12H10B2N2O4.C12H6Br2N2.CH2O3.CH3PS.B2H4O4.2Na.H/c37-38(24-16-15-22-8-1-2-9-23(22)20-24)30-13-5-3-10-27(30)32-25-17-19-35-21-29(25)26-12-7-18-36-34(26)33(32)28-11-4-6-14-31(28)38;1-2-9-20(10-3-1)33-26-14-6-4-11-23(26)28-21-16-18-31-19-25(21)22-13-8-17-32-30(22)29(28)24-12-5-7-15-27(24)33;23-19-9-3-5-11-21(19)25(22-12-6-4-10-20(22)24)18-14-13-16-7-1-2-8-17(16)15-18;17-13(18)10-7-3-5-15-6-9(7)8-2-1-4-16-12(8)11(10)14(19)20;13-10-7-3-5-15-6-9(7)8-2-1-4-16-12(8)11(10)14;2-1-4-3;1-2-3;3-1(4)2(5)6;;;/h1-21H;1-19H;1-15H;1-6,17-20H;1-6H;1,3H;1H3;3-6H;;;/q;;;;;;;;2*+1;-1/p-1/i;;;;;;1T;;;;. The SMILES string of the molecule is Brc1c(Br)c2ncccc2c2cnccc12.Brc1ccccc1P(c1ccc2ccccc2c1)c1ccccc1Br.O=CO[O-].O=P1(c2ccc3ccccc3c2)c2ccccc2-c2c(c3ncccc3c3cnccc23)-c2ccccc21.OB(O)B(O)O.OB(O)c1c(B(O)O)c2ncccc2c2cnccc12.[3H]CP=S.[H-].[Na+].[Na+].c1ccc(P2c3ccccc3-c3c(c4ncccc4c4cnccc34)-c3ccccc32)cc1. The summed E-state index contributed by atoms with van der Waals surface area (Å²) in [6, 6.07) is 116. The maximum absolute atomic E-state index is 15.9. The van der Waals surface area contributed by atoms with Crippen LogP contribution in [0.25, 0.3) is 153 Å². The number of aromatic nitrogens is 8. The van der Waals surface area contributed by atoms with E-state index in [1.165, 1.54) is 82.6 Å². The third-order valence-electron chi connectivity index (χ3n) is 24.6. The number of nitrogens with zero attached hydrogens (tertiary/aromatic N) is 8. The second kappa shape index (κ2) is 50.1. The molecular formula is C112H80B4Br4N8Na2O12P4S. The van der Waals surface area contributed by atoms with Gasteiger partial charge in [0.2, 0.25) is 0 Å². The molecule has 23 aromatic rings. The molecule has 0 fully saturated rings. The van der Waals surface area contributed by atoms with Gasteiger partial charge in [-0.05, 0) is 232 Å². The van der Waals surface area contributed by atoms with Crippen LogP contribution in [0, 0.1) is 0 Å². The second-order valence-corrected chi connectivity index (χ2v) is 44.1. The van der Waals surface area contributed by atoms with Crippen LogP contribution in [0.4, 0.5) is 0 Å². The maximum atomic E-state index is 15.9. The van der Waals surface area contributed by atoms with Crippen LogP contribution in [-0.4, -0.2) is 121 Å². The minimum absolute atomic E-state index is 0. The number of rotatable bonds is 9. The van der Waals surface area contributed by atoms with E-state index >= 15 is 4.57 Å². The van der Waals surface area contributed by atoms with Crippen molar-refractivity contribution in [2.75, 3.05) is 6.64 Å². The van der Waals surface area contributed by atoms with E-state index in [1.807, 2.05) is 122 Å². The van der Waals surface area contributed by atoms with Gasteiger partial charge in [-0.1, -0.05) is 305 Å². The smallest absolute Gasteiger partial charge is 1.00 e. The van der Waals surface area contributed by atoms with E-state index in [-0.39, 0.29) is 77.9 Å². The molecule has 0 aliphatic carbocycles. The van der Waals surface area contributed by atoms with Crippen LogP contribution in [0.1, 0.15) is 2.80 Å². The van der Waals surface area contributed by atoms with Gasteiger partial charge in [-0.15, -0.1) is 0 Å². The third-order valence-corrected chi connectivity index (χ3v) is 37.0. The van der Waals surface area contributed by atoms with Gasteiger partial charge in [0.05, 0.1) is 26.5 Å². The number of pyridine rings is 8. The van der Waals surface area contributed by atoms with E-state index in [0.29, 0.717) is 28.3 Å². The Kier molecular flexibility index (Phi) is 36.6. The Labute approximate surface area is 936 Å². The van der Waals surface area contributed by atoms with E-state index in [2.05, 4.69) is 347 Å². The van der Waals surface area contributed by atoms with Crippen molar-refractivity contribution < 1.29 is 122 Å². The van der Waals surface area contributed by atoms with Gasteiger partial charge in [0, 0.05) is 181 Å². The van der Waals surface area contributed by atoms with Crippen LogP contribution in [-0.2, 0) is 26.1 Å². The Hall–Kier alpha value is -11.0. The molecule has 35 heteroatoms. The molecule has 0 amide bonds. The zero-order valence-corrected chi connectivity index (χ0v) is 93.0. The quantitative estimate of drug-likeness (QED) is 0.0166. The summed E-state index contributed by atoms with van der Waals surface area (Å²) >= 11 is 19.0. The molecule has 25 rings (SSSR count). The summed E-state index contributed by atoms with van der Waals surface area (Å²) in [7, 11) is -11.7. The van der Waals surface area contributed by atoms with Gasteiger partial charge in [0.1, 0.15) is 0 Å². The fraction of sp³-hybridized carbons (Fsp3) is 0.00893. The van der Waals surface area contributed by atoms with Gasteiger partial charge < -0.3 is 56.3 Å². The largest absolute Gasteiger partial charge is 1.00 e. The molecule has 8 aromatic heterocycles. The Morgan fingerprint density at radius 2 is 0.748 bits per heavy atom. The average molecular weight is 2300 g/mol. The molecule has 8 N–H and O–H groups in total. The predicted octanol–water partition coefficient (Wildman–Crippen LogP) is 12.6. The summed E-state index contributed by atoms with van der Waals surface area (Å²) in [5.41, 5.74) is 12.4. The molecule has 0 radical (unpaired) electrons. The molecule has 2 atom stereocenters. The normalized spacial score (nSPS) is 12.7. The van der Waals surface area contributed by atoms with Crippen molar-refractivity contribution in [3.05, 3.63) is 426 Å². The van der Waals surface area contributed by atoms with Gasteiger partial charge in [0.15, 0.2) is 7.14 Å². The van der Waals surface area contributed by atoms with Gasteiger partial charge in [0.25, 0.3) is 6.47 Å². The van der Waals surface area contributed by atoms with Gasteiger partial charge in [-0.2, -0.15) is 0 Å². The molecule has 147 heavy (non-hydrogen) atoms. The molecule has 20 nitrogen and oxygen atoms in total. The minimum Gasteiger partial charge on any atom is -1.00 e. The summed E-state index contributed by atoms with van der Waals surface area (Å²) < 4.78 is 26.5. The molecular weight excluding hydrogens is 2210 g/mol. The number of hydrogen-bond donors (Lipinski definition) is 8. The van der Waals surface area contributed by atoms with E-state index in [9.17, 15) is 20.1 Å². The van der Waals surface area contributed by atoms with Crippen molar-refractivity contribution in [1.82, 2.24) is 39.9 Å². The Morgan fingerprint density at radius 3 is 1.23 bits per heavy atom. The molecule has 2 aliphatic rings. The van der Waals surface area contributed by atoms with Crippen molar-refractivity contribution in [3.63, 3.8) is 0 Å². The molecule has 0 bridgehead atoms. The molecule has 0 saturated carbocycles. The molecule has 0 spiro atoms. The van der Waals surface area contributed by atoms with Gasteiger partial charge in [-0.3, -0.25) is 44.7 Å². The molecule has 15 aromatic carbocycles. The molecule has 2 unspecified atom stereocenters. The zero-order valence-electron chi connectivity index (χ0n) is 80.3. The van der Waals surface area contributed by atoms with Crippen molar-refractivity contribution in [1.29, 1.82) is 0 Å². The molecule has 0 saturated heterocycles. The van der Waals surface area contributed by atoms with Crippen molar-refractivity contribution in [2.45, 2.75) is 0 Å². The van der Waals surface area contributed by atoms with Crippen molar-refractivity contribution in [3.8, 4) is 44.5 Å². The van der Waals surface area contributed by atoms with E-state index < -0.39 is 51.2 Å². The first-order chi connectivity index (χ1) is 71.3. The van der Waals surface area contributed by atoms with Gasteiger partial charge in [-0.25, -0.2) is 0 Å². The Balaban J connectivity index is 0.000000137. The summed E-state index contributed by atoms with van der Waals surface area (Å²) in [6.07, 6.45) is 21.4. The number of fused-ring (bicyclic) bond motifs is 28. The van der Waals surface area contributed by atoms with E-state index in [0.717, 1.165) is 134 Å². The number of carbonyl (C=O) groups is 1. The van der Waals surface area contributed by atoms with Gasteiger partial charge >= 0.3 is 87.4 Å². The van der Waals surface area contributed by atoms with E-state index in [4.69, 9.17) is 41.5 Å². The second-order valence-electron chi connectivity index (χ2n) is 32.8. The minimum atomic E-state index is -3.28. The monoisotopic (exact) mass is 2290 g/mol. The van der Waals surface area contributed by atoms with Crippen LogP contribution < -0.4 is 123 Å². The number of carbonyl (C=O) groups excluding carboxylic acids is 1. The van der Waals surface area contributed by atoms with Crippen molar-refractivity contribution >= 4 is 308 Å². The van der Waals surface area contributed by atoms with Crippen LogP contribution >= 0.6 is 94.1 Å². The van der Waals surface area contributed by atoms with Crippen LogP contribution in [0.2, 0.25) is 0 Å². The third kappa shape index (κ3) is 22.5. The summed E-state index contributed by atoms with van der Waals surface area (Å²) in [4.78, 5) is 46.7. The first-order valence-corrected chi connectivity index (χ1v) is 54.7. The van der Waals surface area contributed by atoms with Crippen molar-refractivity contribution in [2.24, 2.45) is 0 Å². The maximum Gasteiger partial charge on any atom is 1.00 e.